The van der Waals surface area contributed by atoms with Gasteiger partial charge in [0.1, 0.15) is 5.60 Å². The SMILES string of the molecule is CCCC1(C)CCC2CC(C3CCC(C(=O)N4CCN(C(=O)C5(O)CC5)CC4)CC3)NN2C1. The first kappa shape index (κ1) is 23.6. The van der Waals surface area contributed by atoms with Crippen molar-refractivity contribution in [2.75, 3.05) is 32.7 Å². The van der Waals surface area contributed by atoms with Crippen molar-refractivity contribution < 1.29 is 14.7 Å². The Hall–Kier alpha value is -1.18. The lowest BCUT2D eigenvalue weighted by Gasteiger charge is -2.42. The molecule has 0 aromatic carbocycles. The summed E-state index contributed by atoms with van der Waals surface area (Å²) in [6, 6.07) is 1.28. The molecule has 5 fully saturated rings. The van der Waals surface area contributed by atoms with Crippen molar-refractivity contribution in [1.82, 2.24) is 20.2 Å². The number of nitrogens with zero attached hydrogens (tertiary/aromatic N) is 3. The minimum atomic E-state index is -1.10. The molecule has 2 amide bonds. The van der Waals surface area contributed by atoms with Crippen LogP contribution in [0.5, 0.6) is 0 Å². The number of rotatable bonds is 5. The summed E-state index contributed by atoms with van der Waals surface area (Å²) in [4.78, 5) is 29.2. The van der Waals surface area contributed by atoms with Gasteiger partial charge in [-0.05, 0) is 75.5 Å². The monoisotopic (exact) mass is 460 g/mol. The fourth-order valence-electron chi connectivity index (χ4n) is 7.13. The molecule has 3 unspecified atom stereocenters. The Bertz CT molecular complexity index is 740. The number of hydrogen-bond acceptors (Lipinski definition) is 5. The zero-order valence-electron chi connectivity index (χ0n) is 20.7. The van der Waals surface area contributed by atoms with E-state index in [1.165, 1.54) is 38.6 Å². The van der Waals surface area contributed by atoms with Crippen LogP contribution in [0.15, 0.2) is 0 Å². The van der Waals surface area contributed by atoms with Gasteiger partial charge in [0, 0.05) is 50.7 Å². The summed E-state index contributed by atoms with van der Waals surface area (Å²) in [6.07, 6.45) is 12.0. The summed E-state index contributed by atoms with van der Waals surface area (Å²) in [5.41, 5.74) is 3.26. The summed E-state index contributed by atoms with van der Waals surface area (Å²) >= 11 is 0. The molecule has 0 bridgehead atoms. The lowest BCUT2D eigenvalue weighted by Crippen LogP contribution is -2.54. The van der Waals surface area contributed by atoms with Gasteiger partial charge in [-0.2, -0.15) is 0 Å². The highest BCUT2D eigenvalue weighted by atomic mass is 16.3. The third-order valence-corrected chi connectivity index (χ3v) is 9.48. The highest BCUT2D eigenvalue weighted by molar-refractivity contribution is 5.88. The lowest BCUT2D eigenvalue weighted by molar-refractivity contribution is -0.148. The van der Waals surface area contributed by atoms with E-state index in [1.807, 2.05) is 4.90 Å². The second kappa shape index (κ2) is 9.12. The maximum absolute atomic E-state index is 13.2. The Morgan fingerprint density at radius 1 is 0.970 bits per heavy atom. The van der Waals surface area contributed by atoms with E-state index in [9.17, 15) is 14.7 Å². The molecule has 186 valence electrons. The molecule has 3 atom stereocenters. The average molecular weight is 461 g/mol. The highest BCUT2D eigenvalue weighted by Gasteiger charge is 2.50. The molecule has 0 aromatic rings. The maximum Gasteiger partial charge on any atom is 0.254 e. The molecule has 3 aliphatic heterocycles. The molecule has 3 saturated heterocycles. The Balaban J connectivity index is 1.07. The number of piperazine rings is 1. The molecule has 7 nitrogen and oxygen atoms in total. The van der Waals surface area contributed by atoms with Crippen molar-refractivity contribution in [3.63, 3.8) is 0 Å². The van der Waals surface area contributed by atoms with Crippen LogP contribution in [0.25, 0.3) is 0 Å². The van der Waals surface area contributed by atoms with Crippen molar-refractivity contribution in [3.05, 3.63) is 0 Å². The molecule has 5 rings (SSSR count). The van der Waals surface area contributed by atoms with Gasteiger partial charge in [0.25, 0.3) is 5.91 Å². The van der Waals surface area contributed by atoms with E-state index < -0.39 is 5.60 Å². The quantitative estimate of drug-likeness (QED) is 0.659. The van der Waals surface area contributed by atoms with Crippen LogP contribution in [0.4, 0.5) is 0 Å². The first-order valence-corrected chi connectivity index (χ1v) is 13.6. The number of carbonyl (C=O) groups is 2. The molecule has 5 aliphatic rings. The third-order valence-electron chi connectivity index (χ3n) is 9.48. The van der Waals surface area contributed by atoms with Gasteiger partial charge >= 0.3 is 0 Å². The van der Waals surface area contributed by atoms with Crippen LogP contribution in [0, 0.1) is 17.3 Å². The van der Waals surface area contributed by atoms with Gasteiger partial charge in [0.15, 0.2) is 0 Å². The third kappa shape index (κ3) is 4.83. The smallest absolute Gasteiger partial charge is 0.254 e. The second-order valence-corrected chi connectivity index (χ2v) is 12.1. The van der Waals surface area contributed by atoms with Crippen LogP contribution in [0.1, 0.15) is 84.5 Å². The number of hydrazine groups is 1. The Morgan fingerprint density at radius 3 is 2.27 bits per heavy atom. The number of piperidine rings is 1. The predicted molar refractivity (Wildman–Crippen MR) is 127 cm³/mol. The lowest BCUT2D eigenvalue weighted by atomic mass is 9.75. The van der Waals surface area contributed by atoms with Crippen molar-refractivity contribution in [2.45, 2.75) is 102 Å². The zero-order valence-corrected chi connectivity index (χ0v) is 20.7. The predicted octanol–water partition coefficient (Wildman–Crippen LogP) is 2.54. The summed E-state index contributed by atoms with van der Waals surface area (Å²) in [7, 11) is 0. The van der Waals surface area contributed by atoms with E-state index in [4.69, 9.17) is 0 Å². The van der Waals surface area contributed by atoms with Crippen molar-refractivity contribution in [2.24, 2.45) is 17.3 Å². The van der Waals surface area contributed by atoms with E-state index in [1.54, 1.807) is 4.90 Å². The number of amides is 2. The molecular formula is C26H44N4O3. The van der Waals surface area contributed by atoms with Crippen LogP contribution >= 0.6 is 0 Å². The van der Waals surface area contributed by atoms with Crippen LogP contribution in [-0.4, -0.2) is 82.1 Å². The summed E-state index contributed by atoms with van der Waals surface area (Å²) < 4.78 is 0. The van der Waals surface area contributed by atoms with Crippen molar-refractivity contribution in [1.29, 1.82) is 0 Å². The van der Waals surface area contributed by atoms with Crippen LogP contribution in [0.3, 0.4) is 0 Å². The summed E-state index contributed by atoms with van der Waals surface area (Å²) in [6.45, 7) is 8.28. The van der Waals surface area contributed by atoms with Gasteiger partial charge in [0.2, 0.25) is 5.91 Å². The number of hydrogen-bond donors (Lipinski definition) is 2. The van der Waals surface area contributed by atoms with Gasteiger partial charge in [-0.15, -0.1) is 0 Å². The van der Waals surface area contributed by atoms with Gasteiger partial charge in [0.05, 0.1) is 0 Å². The minimum Gasteiger partial charge on any atom is -0.380 e. The van der Waals surface area contributed by atoms with Crippen LogP contribution in [-0.2, 0) is 9.59 Å². The summed E-state index contributed by atoms with van der Waals surface area (Å²) in [5, 5.41) is 12.7. The largest absolute Gasteiger partial charge is 0.380 e. The van der Waals surface area contributed by atoms with Crippen molar-refractivity contribution >= 4 is 11.8 Å². The van der Waals surface area contributed by atoms with Crippen molar-refractivity contribution in [3.8, 4) is 0 Å². The van der Waals surface area contributed by atoms with Crippen LogP contribution < -0.4 is 5.43 Å². The van der Waals surface area contributed by atoms with Gasteiger partial charge in [-0.3, -0.25) is 15.0 Å². The number of fused-ring (bicyclic) bond motifs is 1. The first-order chi connectivity index (χ1) is 15.8. The molecular weight excluding hydrogens is 416 g/mol. The molecule has 2 saturated carbocycles. The fraction of sp³-hybridized carbons (Fsp3) is 0.923. The number of nitrogens with one attached hydrogen (secondary N) is 1. The normalized spacial score (nSPS) is 38.8. The summed E-state index contributed by atoms with van der Waals surface area (Å²) in [5.74, 6) is 0.988. The first-order valence-electron chi connectivity index (χ1n) is 13.6. The molecule has 2 N–H and O–H groups in total. The maximum atomic E-state index is 13.2. The van der Waals surface area contributed by atoms with E-state index >= 15 is 0 Å². The second-order valence-electron chi connectivity index (χ2n) is 12.1. The molecule has 3 heterocycles. The number of aliphatic hydroxyl groups is 1. The van der Waals surface area contributed by atoms with E-state index in [-0.39, 0.29) is 17.7 Å². The molecule has 0 radical (unpaired) electrons. The average Bonchev–Trinajstić information content (AvgIpc) is 3.44. The number of carbonyl (C=O) groups excluding carboxylic acids is 2. The minimum absolute atomic E-state index is 0.134. The Morgan fingerprint density at radius 2 is 1.64 bits per heavy atom. The topological polar surface area (TPSA) is 76.1 Å². The zero-order chi connectivity index (χ0) is 23.2. The molecule has 0 aromatic heterocycles. The van der Waals surface area contributed by atoms with E-state index in [2.05, 4.69) is 24.3 Å². The molecule has 0 spiro atoms. The van der Waals surface area contributed by atoms with E-state index in [0.29, 0.717) is 62.4 Å². The Kier molecular flexibility index (Phi) is 6.51. The molecule has 2 aliphatic carbocycles. The van der Waals surface area contributed by atoms with Crippen LogP contribution in [0.2, 0.25) is 0 Å². The molecule has 33 heavy (non-hydrogen) atoms. The van der Waals surface area contributed by atoms with E-state index in [0.717, 1.165) is 25.7 Å². The fourth-order valence-corrected chi connectivity index (χ4v) is 7.13. The standard InChI is InChI=1S/C26H44N4O3/c1-3-9-25(2)10-8-21-17-22(27-30(21)18-25)19-4-6-20(7-5-19)23(31)28-13-15-29(16-14-28)24(32)26(33)11-12-26/h19-22,27,33H,3-18H2,1-2H3. The Labute approximate surface area is 199 Å². The van der Waals surface area contributed by atoms with Gasteiger partial charge in [-0.25, -0.2) is 5.01 Å². The van der Waals surface area contributed by atoms with Gasteiger partial charge in [-0.1, -0.05) is 20.3 Å². The molecule has 7 heteroatoms. The van der Waals surface area contributed by atoms with Gasteiger partial charge < -0.3 is 14.9 Å². The highest BCUT2D eigenvalue weighted by Crippen LogP contribution is 2.42.